The van der Waals surface area contributed by atoms with Crippen LogP contribution in [0.15, 0.2) is 24.3 Å². The van der Waals surface area contributed by atoms with Crippen molar-refractivity contribution in [3.63, 3.8) is 0 Å². The Labute approximate surface area is 138 Å². The minimum atomic E-state index is 0.372. The molecule has 2 rings (SSSR count). The summed E-state index contributed by atoms with van der Waals surface area (Å²) in [5, 5.41) is 0. The van der Waals surface area contributed by atoms with E-state index < -0.39 is 0 Å². The Kier molecular flexibility index (Phi) is 5.67. The van der Waals surface area contributed by atoms with Gasteiger partial charge in [0.2, 0.25) is 0 Å². The minimum Gasteiger partial charge on any atom is -0.326 e. The molecule has 3 heteroatoms. The third-order valence-electron chi connectivity index (χ3n) is 4.12. The van der Waals surface area contributed by atoms with Crippen LogP contribution in [0.5, 0.6) is 0 Å². The van der Waals surface area contributed by atoms with Crippen LogP contribution < -0.4 is 5.73 Å². The van der Waals surface area contributed by atoms with E-state index in [1.165, 1.54) is 5.56 Å². The van der Waals surface area contributed by atoms with Gasteiger partial charge in [0.15, 0.2) is 0 Å². The van der Waals surface area contributed by atoms with E-state index in [0.29, 0.717) is 18.9 Å². The summed E-state index contributed by atoms with van der Waals surface area (Å²) in [5.41, 5.74) is 13.6. The van der Waals surface area contributed by atoms with E-state index in [1.54, 1.807) is 0 Å². The van der Waals surface area contributed by atoms with Crippen LogP contribution in [0.4, 0.5) is 0 Å². The van der Waals surface area contributed by atoms with Crippen molar-refractivity contribution in [2.45, 2.75) is 47.1 Å². The van der Waals surface area contributed by atoms with E-state index in [9.17, 15) is 4.79 Å². The third-order valence-corrected chi connectivity index (χ3v) is 4.12. The second-order valence-corrected chi connectivity index (χ2v) is 6.51. The van der Waals surface area contributed by atoms with Gasteiger partial charge in [-0.1, -0.05) is 43.7 Å². The van der Waals surface area contributed by atoms with Crippen molar-refractivity contribution in [2.24, 2.45) is 11.7 Å². The number of benzene rings is 1. The summed E-state index contributed by atoms with van der Waals surface area (Å²) in [6.07, 6.45) is 2.22. The smallest absolute Gasteiger partial charge is 0.124 e. The number of aromatic nitrogens is 1. The molecule has 23 heavy (non-hydrogen) atoms. The van der Waals surface area contributed by atoms with Crippen molar-refractivity contribution < 1.29 is 4.79 Å². The first kappa shape index (κ1) is 17.4. The Morgan fingerprint density at radius 2 is 1.78 bits per heavy atom. The molecule has 1 aromatic heterocycles. The summed E-state index contributed by atoms with van der Waals surface area (Å²) in [5.74, 6) is 0.509. The number of aldehydes is 1. The average molecular weight is 310 g/mol. The maximum Gasteiger partial charge on any atom is 0.124 e. The fourth-order valence-electron chi connectivity index (χ4n) is 3.02. The number of pyridine rings is 1. The first-order chi connectivity index (χ1) is 11.0. The van der Waals surface area contributed by atoms with Crippen LogP contribution in [0, 0.1) is 19.8 Å². The van der Waals surface area contributed by atoms with Gasteiger partial charge in [0.25, 0.3) is 0 Å². The lowest BCUT2D eigenvalue weighted by molar-refractivity contribution is -0.107. The molecule has 0 spiro atoms. The highest BCUT2D eigenvalue weighted by Crippen LogP contribution is 2.32. The van der Waals surface area contributed by atoms with E-state index in [1.807, 2.05) is 6.92 Å². The molecule has 2 N–H and O–H groups in total. The third kappa shape index (κ3) is 3.85. The van der Waals surface area contributed by atoms with Gasteiger partial charge in [-0.2, -0.15) is 0 Å². The highest BCUT2D eigenvalue weighted by Gasteiger charge is 2.18. The van der Waals surface area contributed by atoms with Gasteiger partial charge in [-0.3, -0.25) is 4.98 Å². The van der Waals surface area contributed by atoms with Gasteiger partial charge in [-0.25, -0.2) is 0 Å². The van der Waals surface area contributed by atoms with Gasteiger partial charge in [0, 0.05) is 24.4 Å². The van der Waals surface area contributed by atoms with Crippen molar-refractivity contribution in [1.82, 2.24) is 4.98 Å². The van der Waals surface area contributed by atoms with Crippen LogP contribution in [0.2, 0.25) is 0 Å². The second-order valence-electron chi connectivity index (χ2n) is 6.51. The van der Waals surface area contributed by atoms with Crippen LogP contribution in [0.1, 0.15) is 41.9 Å². The number of hydrogen-bond donors (Lipinski definition) is 1. The predicted octanol–water partition coefficient (Wildman–Crippen LogP) is 3.76. The second kappa shape index (κ2) is 7.51. The number of nitrogens with two attached hydrogens (primary N) is 1. The molecule has 0 aliphatic rings. The molecule has 0 amide bonds. The van der Waals surface area contributed by atoms with Crippen LogP contribution >= 0.6 is 0 Å². The summed E-state index contributed by atoms with van der Waals surface area (Å²) in [6.45, 7) is 8.86. The van der Waals surface area contributed by atoms with Gasteiger partial charge in [-0.15, -0.1) is 0 Å². The summed E-state index contributed by atoms with van der Waals surface area (Å²) < 4.78 is 0. The Bertz CT molecular complexity index is 688. The normalized spacial score (nSPS) is 11.0. The highest BCUT2D eigenvalue weighted by atomic mass is 16.1. The zero-order chi connectivity index (χ0) is 17.0. The van der Waals surface area contributed by atoms with E-state index >= 15 is 0 Å². The number of aryl methyl sites for hydroxylation is 2. The Morgan fingerprint density at radius 1 is 1.13 bits per heavy atom. The van der Waals surface area contributed by atoms with Crippen LogP contribution in [0.3, 0.4) is 0 Å². The van der Waals surface area contributed by atoms with E-state index in [0.717, 1.165) is 46.3 Å². The lowest BCUT2D eigenvalue weighted by Crippen LogP contribution is -2.13. The topological polar surface area (TPSA) is 56.0 Å². The average Bonchev–Trinajstić information content (AvgIpc) is 2.50. The molecule has 0 bridgehead atoms. The largest absolute Gasteiger partial charge is 0.326 e. The molecule has 0 radical (unpaired) electrons. The molecule has 0 saturated carbocycles. The maximum absolute atomic E-state index is 11.2. The first-order valence-electron chi connectivity index (χ1n) is 8.19. The monoisotopic (exact) mass is 310 g/mol. The number of nitrogens with zero attached hydrogens (tertiary/aromatic N) is 1. The lowest BCUT2D eigenvalue weighted by Gasteiger charge is -2.20. The van der Waals surface area contributed by atoms with Gasteiger partial charge < -0.3 is 10.5 Å². The number of hydrogen-bond acceptors (Lipinski definition) is 3. The Hall–Kier alpha value is -2.00. The fourth-order valence-corrected chi connectivity index (χ4v) is 3.02. The predicted molar refractivity (Wildman–Crippen MR) is 95.3 cm³/mol. The SMILES string of the molecule is Cc1ccc(-c2c(CC=O)c(C)nc(CC(C)C)c2CN)cc1. The van der Waals surface area contributed by atoms with Gasteiger partial charge in [-0.05, 0) is 48.4 Å². The summed E-state index contributed by atoms with van der Waals surface area (Å²) >= 11 is 0. The molecule has 0 aliphatic heterocycles. The highest BCUT2D eigenvalue weighted by molar-refractivity contribution is 5.76. The minimum absolute atomic E-state index is 0.372. The lowest BCUT2D eigenvalue weighted by atomic mass is 9.89. The molecule has 0 aliphatic carbocycles. The van der Waals surface area contributed by atoms with Gasteiger partial charge >= 0.3 is 0 Å². The summed E-state index contributed by atoms with van der Waals surface area (Å²) in [4.78, 5) is 15.9. The molecule has 0 atom stereocenters. The molecule has 0 unspecified atom stereocenters. The molecule has 3 nitrogen and oxygen atoms in total. The van der Waals surface area contributed by atoms with E-state index in [4.69, 9.17) is 10.7 Å². The molecule has 2 aromatic rings. The Balaban J connectivity index is 2.74. The zero-order valence-corrected chi connectivity index (χ0v) is 14.5. The van der Waals surface area contributed by atoms with E-state index in [-0.39, 0.29) is 0 Å². The van der Waals surface area contributed by atoms with Crippen LogP contribution in [0.25, 0.3) is 11.1 Å². The molecular formula is C20H26N2O. The summed E-state index contributed by atoms with van der Waals surface area (Å²) in [6, 6.07) is 8.41. The van der Waals surface area contributed by atoms with Crippen molar-refractivity contribution in [3.8, 4) is 11.1 Å². The molecule has 1 aromatic carbocycles. The fraction of sp³-hybridized carbons (Fsp3) is 0.400. The van der Waals surface area contributed by atoms with Crippen molar-refractivity contribution >= 4 is 6.29 Å². The number of rotatable bonds is 6. The quantitative estimate of drug-likeness (QED) is 0.826. The maximum atomic E-state index is 11.2. The standard InChI is InChI=1S/C20H26N2O/c1-13(2)11-19-18(12-21)20(16-7-5-14(3)6-8-16)17(9-10-23)15(4)22-19/h5-8,10,13H,9,11-12,21H2,1-4H3. The van der Waals surface area contributed by atoms with Crippen LogP contribution in [-0.4, -0.2) is 11.3 Å². The number of carbonyl (C=O) groups is 1. The molecule has 0 saturated heterocycles. The number of carbonyl (C=O) groups excluding carboxylic acids is 1. The van der Waals surface area contributed by atoms with Gasteiger partial charge in [0.1, 0.15) is 6.29 Å². The van der Waals surface area contributed by atoms with Crippen molar-refractivity contribution in [1.29, 1.82) is 0 Å². The molecule has 0 fully saturated rings. The first-order valence-corrected chi connectivity index (χ1v) is 8.19. The zero-order valence-electron chi connectivity index (χ0n) is 14.5. The van der Waals surface area contributed by atoms with Gasteiger partial charge in [0.05, 0.1) is 0 Å². The van der Waals surface area contributed by atoms with E-state index in [2.05, 4.69) is 45.0 Å². The van der Waals surface area contributed by atoms with Crippen LogP contribution in [-0.2, 0) is 24.2 Å². The molecule has 122 valence electrons. The summed E-state index contributed by atoms with van der Waals surface area (Å²) in [7, 11) is 0. The van der Waals surface area contributed by atoms with Crippen molar-refractivity contribution in [2.75, 3.05) is 0 Å². The van der Waals surface area contributed by atoms with Crippen molar-refractivity contribution in [3.05, 3.63) is 52.3 Å². The Morgan fingerprint density at radius 3 is 2.30 bits per heavy atom. The molecule has 1 heterocycles. The molecular weight excluding hydrogens is 284 g/mol.